The lowest BCUT2D eigenvalue weighted by Gasteiger charge is -2.32. The lowest BCUT2D eigenvalue weighted by molar-refractivity contribution is -0.123. The molecule has 0 radical (unpaired) electrons. The number of rotatable bonds is 5. The van der Waals surface area contributed by atoms with Gasteiger partial charge in [0.15, 0.2) is 0 Å². The Morgan fingerprint density at radius 3 is 2.55 bits per heavy atom. The molecule has 2 aliphatic carbocycles. The Morgan fingerprint density at radius 1 is 1.10 bits per heavy atom. The van der Waals surface area contributed by atoms with Crippen molar-refractivity contribution in [1.29, 1.82) is 0 Å². The molecular weight excluding hydrogens is 431 g/mol. The molecule has 2 saturated carbocycles. The van der Waals surface area contributed by atoms with E-state index in [1.54, 1.807) is 12.1 Å². The molecule has 3 unspecified atom stereocenters. The zero-order valence-corrected chi connectivity index (χ0v) is 18.8. The Labute approximate surface area is 183 Å². The molecule has 1 aliphatic heterocycles. The van der Waals surface area contributed by atoms with Crippen LogP contribution in [0, 0.1) is 17.8 Å². The minimum Gasteiger partial charge on any atom is -0.353 e. The Bertz CT molecular complexity index is 865. The van der Waals surface area contributed by atoms with E-state index in [4.69, 9.17) is 23.2 Å². The summed E-state index contributed by atoms with van der Waals surface area (Å²) >= 11 is 12.2. The van der Waals surface area contributed by atoms with E-state index in [-0.39, 0.29) is 26.8 Å². The predicted octanol–water partition coefficient (Wildman–Crippen LogP) is 4.48. The van der Waals surface area contributed by atoms with Crippen LogP contribution in [-0.4, -0.2) is 37.8 Å². The van der Waals surface area contributed by atoms with Crippen LogP contribution in [-0.2, 0) is 14.8 Å². The number of carbonyl (C=O) groups is 1. The molecule has 8 heteroatoms. The SMILES string of the molecule is O=C(CC1CCCN(S(=O)(=O)c2cccc(Cl)c2Cl)C1)NC1CC2CCCC2C1. The molecule has 1 aromatic carbocycles. The number of hydrogen-bond donors (Lipinski definition) is 1. The van der Waals surface area contributed by atoms with Crippen LogP contribution in [0.15, 0.2) is 23.1 Å². The third-order valence-corrected chi connectivity index (χ3v) is 9.68. The van der Waals surface area contributed by atoms with Gasteiger partial charge in [-0.25, -0.2) is 8.42 Å². The van der Waals surface area contributed by atoms with Gasteiger partial charge in [0, 0.05) is 25.6 Å². The highest BCUT2D eigenvalue weighted by molar-refractivity contribution is 7.89. The summed E-state index contributed by atoms with van der Waals surface area (Å²) < 4.78 is 27.6. The van der Waals surface area contributed by atoms with Gasteiger partial charge in [0.25, 0.3) is 0 Å². The van der Waals surface area contributed by atoms with Crippen molar-refractivity contribution in [3.63, 3.8) is 0 Å². The van der Waals surface area contributed by atoms with E-state index < -0.39 is 10.0 Å². The number of halogens is 2. The summed E-state index contributed by atoms with van der Waals surface area (Å²) in [6, 6.07) is 4.94. The third-order valence-electron chi connectivity index (χ3n) is 6.85. The first-order chi connectivity index (χ1) is 13.8. The minimum atomic E-state index is -3.73. The van der Waals surface area contributed by atoms with Gasteiger partial charge in [-0.2, -0.15) is 4.31 Å². The van der Waals surface area contributed by atoms with Gasteiger partial charge >= 0.3 is 0 Å². The maximum atomic E-state index is 13.1. The molecule has 0 bridgehead atoms. The van der Waals surface area contributed by atoms with Gasteiger partial charge in [0.2, 0.25) is 15.9 Å². The lowest BCUT2D eigenvalue weighted by atomic mass is 9.95. The predicted molar refractivity (Wildman–Crippen MR) is 115 cm³/mol. The van der Waals surface area contributed by atoms with E-state index in [0.29, 0.717) is 25.6 Å². The first kappa shape index (κ1) is 21.4. The first-order valence-electron chi connectivity index (χ1n) is 10.6. The number of nitrogens with one attached hydrogen (secondary N) is 1. The molecule has 160 valence electrons. The van der Waals surface area contributed by atoms with E-state index in [0.717, 1.165) is 37.5 Å². The average molecular weight is 459 g/mol. The summed E-state index contributed by atoms with van der Waals surface area (Å²) in [6.45, 7) is 0.782. The minimum absolute atomic E-state index is 0.0254. The third kappa shape index (κ3) is 4.60. The van der Waals surface area contributed by atoms with Crippen molar-refractivity contribution in [2.45, 2.75) is 62.3 Å². The number of hydrogen-bond acceptors (Lipinski definition) is 3. The molecule has 3 fully saturated rings. The molecule has 3 aliphatic rings. The van der Waals surface area contributed by atoms with Crippen molar-refractivity contribution in [2.75, 3.05) is 13.1 Å². The number of fused-ring (bicyclic) bond motifs is 1. The Balaban J connectivity index is 1.35. The fraction of sp³-hybridized carbons (Fsp3) is 0.667. The molecule has 29 heavy (non-hydrogen) atoms. The number of amides is 1. The van der Waals surface area contributed by atoms with E-state index in [1.807, 2.05) is 0 Å². The van der Waals surface area contributed by atoms with Crippen LogP contribution >= 0.6 is 23.2 Å². The second-order valence-electron chi connectivity index (χ2n) is 8.81. The zero-order valence-electron chi connectivity index (χ0n) is 16.4. The fourth-order valence-electron chi connectivity index (χ4n) is 5.46. The van der Waals surface area contributed by atoms with Crippen molar-refractivity contribution < 1.29 is 13.2 Å². The number of sulfonamides is 1. The van der Waals surface area contributed by atoms with Crippen molar-refractivity contribution >= 4 is 39.1 Å². The Kier molecular flexibility index (Phi) is 6.45. The second kappa shape index (κ2) is 8.74. The molecule has 0 aromatic heterocycles. The van der Waals surface area contributed by atoms with Crippen LogP contribution in [0.5, 0.6) is 0 Å². The van der Waals surface area contributed by atoms with Gasteiger partial charge in [-0.15, -0.1) is 0 Å². The van der Waals surface area contributed by atoms with Gasteiger partial charge in [-0.1, -0.05) is 48.5 Å². The van der Waals surface area contributed by atoms with Crippen LogP contribution in [0.1, 0.15) is 51.4 Å². The summed E-state index contributed by atoms with van der Waals surface area (Å²) in [5, 5.41) is 3.49. The molecule has 1 amide bonds. The van der Waals surface area contributed by atoms with Gasteiger partial charge < -0.3 is 5.32 Å². The number of piperidine rings is 1. The molecular formula is C21H28Cl2N2O3S. The standard InChI is InChI=1S/C21H28Cl2N2O3S/c22-18-7-2-8-19(21(18)23)29(27,28)25-9-3-4-14(13-25)10-20(26)24-17-11-15-5-1-6-16(15)12-17/h2,7-8,14-17H,1,3-6,9-13H2,(H,24,26). The van der Waals surface area contributed by atoms with Crippen molar-refractivity contribution in [3.8, 4) is 0 Å². The normalized spacial score (nSPS) is 30.3. The van der Waals surface area contributed by atoms with Crippen LogP contribution in [0.25, 0.3) is 0 Å². The molecule has 1 N–H and O–H groups in total. The summed E-state index contributed by atoms with van der Waals surface area (Å²) in [7, 11) is -3.73. The van der Waals surface area contributed by atoms with Gasteiger partial charge in [-0.3, -0.25) is 4.79 Å². The number of benzene rings is 1. The monoisotopic (exact) mass is 458 g/mol. The van der Waals surface area contributed by atoms with Crippen LogP contribution in [0.4, 0.5) is 0 Å². The topological polar surface area (TPSA) is 66.5 Å². The van der Waals surface area contributed by atoms with Crippen molar-refractivity contribution in [3.05, 3.63) is 28.2 Å². The maximum Gasteiger partial charge on any atom is 0.244 e. The van der Waals surface area contributed by atoms with Crippen LogP contribution in [0.2, 0.25) is 10.0 Å². The van der Waals surface area contributed by atoms with Crippen molar-refractivity contribution in [1.82, 2.24) is 9.62 Å². The summed E-state index contributed by atoms with van der Waals surface area (Å²) in [6.07, 6.45) is 8.13. The Morgan fingerprint density at radius 2 is 1.83 bits per heavy atom. The highest BCUT2D eigenvalue weighted by Gasteiger charge is 2.38. The molecule has 4 rings (SSSR count). The molecule has 5 nitrogen and oxygen atoms in total. The lowest BCUT2D eigenvalue weighted by Crippen LogP contribution is -2.42. The van der Waals surface area contributed by atoms with Gasteiger partial charge in [-0.05, 0) is 55.6 Å². The van der Waals surface area contributed by atoms with Gasteiger partial charge in [0.05, 0.1) is 10.0 Å². The quantitative estimate of drug-likeness (QED) is 0.706. The first-order valence-corrected chi connectivity index (χ1v) is 12.8. The molecule has 3 atom stereocenters. The number of carbonyl (C=O) groups excluding carboxylic acids is 1. The van der Waals surface area contributed by atoms with E-state index in [2.05, 4.69) is 5.32 Å². The molecule has 0 spiro atoms. The molecule has 1 heterocycles. The highest BCUT2D eigenvalue weighted by atomic mass is 35.5. The number of nitrogens with zero attached hydrogens (tertiary/aromatic N) is 1. The van der Waals surface area contributed by atoms with Gasteiger partial charge in [0.1, 0.15) is 4.90 Å². The molecule has 1 saturated heterocycles. The second-order valence-corrected chi connectivity index (χ2v) is 11.5. The van der Waals surface area contributed by atoms with Crippen molar-refractivity contribution in [2.24, 2.45) is 17.8 Å². The van der Waals surface area contributed by atoms with Crippen LogP contribution < -0.4 is 5.32 Å². The largest absolute Gasteiger partial charge is 0.353 e. The average Bonchev–Trinajstić information content (AvgIpc) is 3.25. The van der Waals surface area contributed by atoms with E-state index >= 15 is 0 Å². The highest BCUT2D eigenvalue weighted by Crippen LogP contribution is 2.44. The smallest absolute Gasteiger partial charge is 0.244 e. The summed E-state index contributed by atoms with van der Waals surface area (Å²) in [5.74, 6) is 1.66. The fourth-order valence-corrected chi connectivity index (χ4v) is 7.75. The Hall–Kier alpha value is -0.820. The van der Waals surface area contributed by atoms with Crippen LogP contribution in [0.3, 0.4) is 0 Å². The molecule has 1 aromatic rings. The summed E-state index contributed by atoms with van der Waals surface area (Å²) in [5.41, 5.74) is 0. The summed E-state index contributed by atoms with van der Waals surface area (Å²) in [4.78, 5) is 12.6. The maximum absolute atomic E-state index is 13.1. The zero-order chi connectivity index (χ0) is 20.6. The van der Waals surface area contributed by atoms with E-state index in [9.17, 15) is 13.2 Å². The van der Waals surface area contributed by atoms with E-state index in [1.165, 1.54) is 29.6 Å².